The number of urea groups is 1. The zero-order valence-corrected chi connectivity index (χ0v) is 18.4. The van der Waals surface area contributed by atoms with Gasteiger partial charge in [0.25, 0.3) is 0 Å². The van der Waals surface area contributed by atoms with Gasteiger partial charge < -0.3 is 9.80 Å². The van der Waals surface area contributed by atoms with Gasteiger partial charge in [0, 0.05) is 24.4 Å². The van der Waals surface area contributed by atoms with E-state index in [1.807, 2.05) is 18.0 Å². The normalized spacial score (nSPS) is 19.4. The van der Waals surface area contributed by atoms with Gasteiger partial charge in [0.05, 0.1) is 10.4 Å². The largest absolute Gasteiger partial charge is 0.324 e. The quantitative estimate of drug-likeness (QED) is 0.620. The molecule has 1 heterocycles. The Hall–Kier alpha value is -0.790. The number of hydrogen-bond donors (Lipinski definition) is 1. The van der Waals surface area contributed by atoms with Crippen molar-refractivity contribution in [2.24, 2.45) is 0 Å². The Balaban J connectivity index is 1.60. The zero-order valence-electron chi connectivity index (χ0n) is 16.8. The summed E-state index contributed by atoms with van der Waals surface area (Å²) in [5.74, 6) is 1.04. The van der Waals surface area contributed by atoms with Crippen LogP contribution in [0.2, 0.25) is 0 Å². The van der Waals surface area contributed by atoms with Gasteiger partial charge in [0.15, 0.2) is 5.13 Å². The molecule has 5 nitrogen and oxygen atoms in total. The minimum Gasteiger partial charge on any atom is -0.319 e. The third-order valence-corrected chi connectivity index (χ3v) is 7.74. The van der Waals surface area contributed by atoms with Gasteiger partial charge >= 0.3 is 6.03 Å². The van der Waals surface area contributed by atoms with E-state index in [2.05, 4.69) is 34.2 Å². The van der Waals surface area contributed by atoms with E-state index >= 15 is 0 Å². The van der Waals surface area contributed by atoms with Crippen LogP contribution in [0, 0.1) is 0 Å². The molecule has 1 aromatic rings. The summed E-state index contributed by atoms with van der Waals surface area (Å²) in [4.78, 5) is 22.0. The van der Waals surface area contributed by atoms with Crippen LogP contribution in [0.1, 0.15) is 64.2 Å². The van der Waals surface area contributed by atoms with E-state index in [9.17, 15) is 4.79 Å². The van der Waals surface area contributed by atoms with Gasteiger partial charge in [-0.2, -0.15) is 0 Å². The second-order valence-corrected chi connectivity index (χ2v) is 10.5. The Morgan fingerprint density at radius 1 is 1.11 bits per heavy atom. The second-order valence-electron chi connectivity index (χ2n) is 8.06. The maximum atomic E-state index is 13.2. The first-order valence-corrected chi connectivity index (χ1v) is 12.3. The van der Waals surface area contributed by atoms with E-state index in [0.717, 1.165) is 43.1 Å². The molecule has 0 unspecified atom stereocenters. The van der Waals surface area contributed by atoms with Crippen LogP contribution in [0.25, 0.3) is 0 Å². The molecular formula is C20H34N4OS2. The van der Waals surface area contributed by atoms with Crippen LogP contribution in [0.4, 0.5) is 9.93 Å². The lowest BCUT2D eigenvalue weighted by atomic mass is 9.89. The van der Waals surface area contributed by atoms with Crippen molar-refractivity contribution in [1.29, 1.82) is 0 Å². The standard InChI is InChI=1S/C20H34N4OS2/c1-23(2)13-14-26-18-15-21-19(27-18)22-20(25)24(16-9-5-3-6-10-16)17-11-7-4-8-12-17/h15-17H,3-14H2,1-2H3,(H,21,22,25). The van der Waals surface area contributed by atoms with Crippen molar-refractivity contribution in [1.82, 2.24) is 14.8 Å². The van der Waals surface area contributed by atoms with E-state index in [-0.39, 0.29) is 6.03 Å². The number of aromatic nitrogens is 1. The van der Waals surface area contributed by atoms with Gasteiger partial charge in [-0.15, -0.1) is 11.8 Å². The number of carbonyl (C=O) groups excluding carboxylic acids is 1. The van der Waals surface area contributed by atoms with Crippen molar-refractivity contribution in [3.05, 3.63) is 6.20 Å². The highest BCUT2D eigenvalue weighted by Crippen LogP contribution is 2.32. The average molecular weight is 411 g/mol. The van der Waals surface area contributed by atoms with Gasteiger partial charge in [-0.05, 0) is 39.8 Å². The number of rotatable bonds is 7. The van der Waals surface area contributed by atoms with Crippen molar-refractivity contribution in [2.75, 3.05) is 31.7 Å². The molecule has 0 atom stereocenters. The molecule has 2 aliphatic rings. The van der Waals surface area contributed by atoms with Gasteiger partial charge in [-0.3, -0.25) is 5.32 Å². The summed E-state index contributed by atoms with van der Waals surface area (Å²) in [7, 11) is 4.17. The maximum absolute atomic E-state index is 13.2. The van der Waals surface area contributed by atoms with Crippen molar-refractivity contribution >= 4 is 34.3 Å². The molecule has 1 N–H and O–H groups in total. The van der Waals surface area contributed by atoms with Gasteiger partial charge in [-0.1, -0.05) is 49.9 Å². The summed E-state index contributed by atoms with van der Waals surface area (Å²) in [6.45, 7) is 1.04. The van der Waals surface area contributed by atoms with Crippen molar-refractivity contribution in [3.63, 3.8) is 0 Å². The van der Waals surface area contributed by atoms with Gasteiger partial charge in [-0.25, -0.2) is 9.78 Å². The van der Waals surface area contributed by atoms with Gasteiger partial charge in [0.2, 0.25) is 0 Å². The fourth-order valence-corrected chi connectivity index (χ4v) is 6.26. The lowest BCUT2D eigenvalue weighted by molar-refractivity contribution is 0.114. The molecule has 1 aromatic heterocycles. The van der Waals surface area contributed by atoms with Crippen molar-refractivity contribution in [3.8, 4) is 0 Å². The number of thiazole rings is 1. The minimum absolute atomic E-state index is 0.0768. The lowest BCUT2D eigenvalue weighted by Crippen LogP contribution is -2.50. The number of hydrogen-bond acceptors (Lipinski definition) is 5. The summed E-state index contributed by atoms with van der Waals surface area (Å²) in [5, 5.41) is 3.87. The van der Waals surface area contributed by atoms with E-state index in [0.29, 0.717) is 12.1 Å². The number of anilines is 1. The predicted molar refractivity (Wildman–Crippen MR) is 116 cm³/mol. The summed E-state index contributed by atoms with van der Waals surface area (Å²) < 4.78 is 1.18. The van der Waals surface area contributed by atoms with E-state index in [4.69, 9.17) is 0 Å². The summed E-state index contributed by atoms with van der Waals surface area (Å²) in [6.07, 6.45) is 14.2. The molecule has 0 bridgehead atoms. The van der Waals surface area contributed by atoms with Crippen LogP contribution in [-0.2, 0) is 0 Å². The van der Waals surface area contributed by atoms with Crippen LogP contribution < -0.4 is 5.32 Å². The number of thioether (sulfide) groups is 1. The molecule has 0 aliphatic heterocycles. The molecule has 0 saturated heterocycles. The molecule has 0 aromatic carbocycles. The fourth-order valence-electron chi connectivity index (χ4n) is 4.22. The smallest absolute Gasteiger partial charge is 0.319 e. The van der Waals surface area contributed by atoms with Gasteiger partial charge in [0.1, 0.15) is 0 Å². The topological polar surface area (TPSA) is 48.5 Å². The van der Waals surface area contributed by atoms with Crippen molar-refractivity contribution < 1.29 is 4.79 Å². The predicted octanol–water partition coefficient (Wildman–Crippen LogP) is 5.30. The van der Waals surface area contributed by atoms with Crippen LogP contribution in [0.3, 0.4) is 0 Å². The molecule has 2 fully saturated rings. The Bertz CT molecular complexity index is 562. The van der Waals surface area contributed by atoms with Crippen molar-refractivity contribution in [2.45, 2.75) is 80.5 Å². The second kappa shape index (κ2) is 10.7. The zero-order chi connectivity index (χ0) is 19.1. The van der Waals surface area contributed by atoms with E-state index in [1.165, 1.54) is 42.7 Å². The Morgan fingerprint density at radius 2 is 1.70 bits per heavy atom. The number of nitrogens with zero attached hydrogens (tertiary/aromatic N) is 3. The highest BCUT2D eigenvalue weighted by Gasteiger charge is 2.32. The molecule has 0 radical (unpaired) electrons. The van der Waals surface area contributed by atoms with E-state index in [1.54, 1.807) is 11.3 Å². The molecule has 2 amide bonds. The molecule has 0 spiro atoms. The summed E-state index contributed by atoms with van der Waals surface area (Å²) >= 11 is 3.41. The highest BCUT2D eigenvalue weighted by molar-refractivity contribution is 8.01. The number of carbonyl (C=O) groups is 1. The molecule has 152 valence electrons. The maximum Gasteiger partial charge on any atom is 0.324 e. The Morgan fingerprint density at radius 3 is 2.26 bits per heavy atom. The molecule has 7 heteroatoms. The monoisotopic (exact) mass is 410 g/mol. The van der Waals surface area contributed by atoms with E-state index < -0.39 is 0 Å². The molecule has 2 aliphatic carbocycles. The summed E-state index contributed by atoms with van der Waals surface area (Å²) in [5.41, 5.74) is 0. The first-order chi connectivity index (χ1) is 13.1. The third-order valence-electron chi connectivity index (χ3n) is 5.65. The number of nitrogens with one attached hydrogen (secondary N) is 1. The first-order valence-electron chi connectivity index (χ1n) is 10.5. The fraction of sp³-hybridized carbons (Fsp3) is 0.800. The SMILES string of the molecule is CN(C)CCSc1cnc(NC(=O)N(C2CCCCC2)C2CCCCC2)s1. The molecule has 2 saturated carbocycles. The van der Waals surface area contributed by atoms with Crippen LogP contribution >= 0.6 is 23.1 Å². The average Bonchev–Trinajstić information content (AvgIpc) is 3.10. The first kappa shape index (κ1) is 20.9. The Labute approximate surface area is 172 Å². The minimum atomic E-state index is 0.0768. The van der Waals surface area contributed by atoms with Crippen LogP contribution in [0.5, 0.6) is 0 Å². The Kier molecular flexibility index (Phi) is 8.27. The summed E-state index contributed by atoms with van der Waals surface area (Å²) in [6, 6.07) is 0.902. The highest BCUT2D eigenvalue weighted by atomic mass is 32.2. The third kappa shape index (κ3) is 6.36. The molecular weight excluding hydrogens is 376 g/mol. The number of amides is 2. The van der Waals surface area contributed by atoms with Crippen LogP contribution in [0.15, 0.2) is 10.4 Å². The molecule has 27 heavy (non-hydrogen) atoms. The lowest BCUT2D eigenvalue weighted by Gasteiger charge is -2.41. The molecule has 3 rings (SSSR count). The van der Waals surface area contributed by atoms with Crippen LogP contribution in [-0.4, -0.2) is 59.3 Å².